The van der Waals surface area contributed by atoms with Crippen LogP contribution in [0.3, 0.4) is 0 Å². The molecule has 6 nitrogen and oxygen atoms in total. The maximum atomic E-state index is 12.6. The van der Waals surface area contributed by atoms with E-state index in [0.29, 0.717) is 18.9 Å². The van der Waals surface area contributed by atoms with E-state index >= 15 is 0 Å². The number of unbranched alkanes of at least 4 members (excludes halogenated alkanes) is 1. The number of nitrogens with zero attached hydrogens (tertiary/aromatic N) is 5. The summed E-state index contributed by atoms with van der Waals surface area (Å²) in [5, 5.41) is 4.26. The molecular weight excluding hydrogens is 314 g/mol. The van der Waals surface area contributed by atoms with Gasteiger partial charge in [0.05, 0.1) is 0 Å². The van der Waals surface area contributed by atoms with Crippen molar-refractivity contribution in [3.05, 3.63) is 36.2 Å². The van der Waals surface area contributed by atoms with Gasteiger partial charge in [0.1, 0.15) is 5.82 Å². The average molecular weight is 343 g/mol. The normalized spacial score (nSPS) is 17.8. The van der Waals surface area contributed by atoms with Crippen molar-refractivity contribution in [3.63, 3.8) is 0 Å². The van der Waals surface area contributed by atoms with Gasteiger partial charge in [-0.1, -0.05) is 13.3 Å². The first kappa shape index (κ1) is 17.7. The Hall–Kier alpha value is -2.11. The van der Waals surface area contributed by atoms with Crippen molar-refractivity contribution in [2.45, 2.75) is 65.0 Å². The minimum Gasteiger partial charge on any atom is -0.342 e. The lowest BCUT2D eigenvalue weighted by Gasteiger charge is -2.33. The van der Waals surface area contributed by atoms with Crippen LogP contribution in [0.4, 0.5) is 0 Å². The van der Waals surface area contributed by atoms with Crippen LogP contribution in [-0.4, -0.2) is 43.2 Å². The predicted molar refractivity (Wildman–Crippen MR) is 97.3 cm³/mol. The van der Waals surface area contributed by atoms with Crippen LogP contribution in [0.15, 0.2) is 24.7 Å². The van der Waals surface area contributed by atoms with E-state index in [1.165, 1.54) is 12.8 Å². The van der Waals surface area contributed by atoms with E-state index in [1.54, 1.807) is 6.20 Å². The Kier molecular flexibility index (Phi) is 5.89. The summed E-state index contributed by atoms with van der Waals surface area (Å²) >= 11 is 0. The molecule has 0 unspecified atom stereocenters. The summed E-state index contributed by atoms with van der Waals surface area (Å²) < 4.78 is 4.17. The first-order valence-corrected chi connectivity index (χ1v) is 9.46. The highest BCUT2D eigenvalue weighted by Crippen LogP contribution is 2.26. The fraction of sp³-hybridized carbons (Fsp3) is 0.632. The van der Waals surface area contributed by atoms with Gasteiger partial charge in [-0.25, -0.2) is 4.98 Å². The number of piperidine rings is 1. The minimum absolute atomic E-state index is 0.228. The van der Waals surface area contributed by atoms with Crippen LogP contribution in [0.25, 0.3) is 0 Å². The molecule has 2 aromatic rings. The molecule has 0 radical (unpaired) electrons. The fourth-order valence-corrected chi connectivity index (χ4v) is 3.61. The van der Waals surface area contributed by atoms with Crippen LogP contribution in [0.2, 0.25) is 0 Å². The van der Waals surface area contributed by atoms with E-state index in [0.717, 1.165) is 44.0 Å². The van der Waals surface area contributed by atoms with Crippen LogP contribution in [0, 0.1) is 6.92 Å². The van der Waals surface area contributed by atoms with Crippen LogP contribution in [0.5, 0.6) is 0 Å². The third kappa shape index (κ3) is 4.30. The zero-order chi connectivity index (χ0) is 17.6. The topological polar surface area (TPSA) is 56.0 Å². The second kappa shape index (κ2) is 8.32. The number of aromatic nitrogens is 4. The van der Waals surface area contributed by atoms with Gasteiger partial charge in [-0.2, -0.15) is 5.10 Å². The Morgan fingerprint density at radius 2 is 2.20 bits per heavy atom. The second-order valence-corrected chi connectivity index (χ2v) is 6.96. The van der Waals surface area contributed by atoms with Crippen molar-refractivity contribution in [2.75, 3.05) is 13.1 Å². The van der Waals surface area contributed by atoms with Gasteiger partial charge in [0.2, 0.25) is 5.91 Å². The predicted octanol–water partition coefficient (Wildman–Crippen LogP) is 2.98. The molecule has 1 amide bonds. The second-order valence-electron chi connectivity index (χ2n) is 6.96. The molecule has 2 aromatic heterocycles. The Balaban J connectivity index is 1.58. The molecule has 25 heavy (non-hydrogen) atoms. The molecule has 0 N–H and O–H groups in total. The van der Waals surface area contributed by atoms with Crippen molar-refractivity contribution in [2.24, 2.45) is 0 Å². The summed E-state index contributed by atoms with van der Waals surface area (Å²) in [5.41, 5.74) is 1.10. The fourth-order valence-electron chi connectivity index (χ4n) is 3.61. The summed E-state index contributed by atoms with van der Waals surface area (Å²) in [7, 11) is 0. The molecule has 0 spiro atoms. The highest BCUT2D eigenvalue weighted by atomic mass is 16.2. The van der Waals surface area contributed by atoms with E-state index in [4.69, 9.17) is 0 Å². The number of rotatable bonds is 7. The molecule has 6 heteroatoms. The third-order valence-electron chi connectivity index (χ3n) is 5.11. The summed E-state index contributed by atoms with van der Waals surface area (Å²) in [6.45, 7) is 7.56. The molecular formula is C19H29N5O. The Labute approximate surface area is 149 Å². The highest BCUT2D eigenvalue weighted by molar-refractivity contribution is 5.76. The van der Waals surface area contributed by atoms with Gasteiger partial charge in [0.15, 0.2) is 0 Å². The van der Waals surface area contributed by atoms with Crippen molar-refractivity contribution >= 4 is 5.91 Å². The van der Waals surface area contributed by atoms with E-state index in [9.17, 15) is 4.79 Å². The lowest BCUT2D eigenvalue weighted by molar-refractivity contribution is -0.132. The van der Waals surface area contributed by atoms with Gasteiger partial charge in [-0.15, -0.1) is 0 Å². The summed E-state index contributed by atoms with van der Waals surface area (Å²) in [6, 6.07) is 1.97. The van der Waals surface area contributed by atoms with Crippen molar-refractivity contribution in [1.82, 2.24) is 24.2 Å². The van der Waals surface area contributed by atoms with Gasteiger partial charge >= 0.3 is 0 Å². The third-order valence-corrected chi connectivity index (χ3v) is 5.11. The molecule has 0 aromatic carbocycles. The van der Waals surface area contributed by atoms with Crippen molar-refractivity contribution < 1.29 is 4.79 Å². The number of likely N-dealkylation sites (tertiary alicyclic amines) is 1. The summed E-state index contributed by atoms with van der Waals surface area (Å²) in [5.74, 6) is 1.73. The summed E-state index contributed by atoms with van der Waals surface area (Å²) in [6.07, 6.45) is 10.8. The Bertz CT molecular complexity index is 690. The minimum atomic E-state index is 0.228. The molecule has 0 bridgehead atoms. The zero-order valence-electron chi connectivity index (χ0n) is 15.4. The molecule has 136 valence electrons. The Morgan fingerprint density at radius 3 is 2.96 bits per heavy atom. The zero-order valence-corrected chi connectivity index (χ0v) is 15.4. The smallest absolute Gasteiger partial charge is 0.224 e. The van der Waals surface area contributed by atoms with Gasteiger partial charge in [0.25, 0.3) is 0 Å². The monoisotopic (exact) mass is 343 g/mol. The van der Waals surface area contributed by atoms with Crippen LogP contribution in [0.1, 0.15) is 56.5 Å². The maximum absolute atomic E-state index is 12.6. The van der Waals surface area contributed by atoms with Gasteiger partial charge in [0, 0.05) is 62.8 Å². The molecule has 0 aliphatic carbocycles. The molecule has 0 saturated carbocycles. The number of carbonyl (C=O) groups excluding carboxylic acids is 1. The SMILES string of the molecule is CCCCn1ccnc1[C@@H]1CCCN(C(=O)CCn2nccc2C)C1. The quantitative estimate of drug-likeness (QED) is 0.776. The standard InChI is InChI=1S/C19H29N5O/c1-3-4-11-22-14-10-20-19(22)17-6-5-12-23(15-17)18(25)8-13-24-16(2)7-9-21-24/h7,9-10,14,17H,3-6,8,11-13,15H2,1-2H3/t17-/m1/s1. The molecule has 3 heterocycles. The van der Waals surface area contributed by atoms with E-state index in [1.807, 2.05) is 28.8 Å². The molecule has 3 rings (SSSR count). The number of imidazole rings is 1. The van der Waals surface area contributed by atoms with Gasteiger partial charge in [-0.3, -0.25) is 9.48 Å². The molecule has 1 atom stereocenters. The molecule has 1 aliphatic rings. The van der Waals surface area contributed by atoms with Crippen molar-refractivity contribution in [3.8, 4) is 0 Å². The lowest BCUT2D eigenvalue weighted by atomic mass is 9.96. The van der Waals surface area contributed by atoms with Gasteiger partial charge in [-0.05, 0) is 32.3 Å². The molecule has 1 aliphatic heterocycles. The first-order chi connectivity index (χ1) is 12.2. The number of hydrogen-bond acceptors (Lipinski definition) is 3. The number of amides is 1. The number of hydrogen-bond donors (Lipinski definition) is 0. The molecule has 1 saturated heterocycles. The van der Waals surface area contributed by atoms with E-state index in [2.05, 4.69) is 27.8 Å². The van der Waals surface area contributed by atoms with Crippen molar-refractivity contribution in [1.29, 1.82) is 0 Å². The van der Waals surface area contributed by atoms with Crippen LogP contribution in [-0.2, 0) is 17.9 Å². The van der Waals surface area contributed by atoms with E-state index < -0.39 is 0 Å². The maximum Gasteiger partial charge on any atom is 0.224 e. The number of carbonyl (C=O) groups is 1. The van der Waals surface area contributed by atoms with Crippen LogP contribution >= 0.6 is 0 Å². The first-order valence-electron chi connectivity index (χ1n) is 9.46. The average Bonchev–Trinajstić information content (AvgIpc) is 3.26. The van der Waals surface area contributed by atoms with Gasteiger partial charge < -0.3 is 9.47 Å². The highest BCUT2D eigenvalue weighted by Gasteiger charge is 2.27. The largest absolute Gasteiger partial charge is 0.342 e. The van der Waals surface area contributed by atoms with E-state index in [-0.39, 0.29) is 5.91 Å². The Morgan fingerprint density at radius 1 is 1.32 bits per heavy atom. The van der Waals surface area contributed by atoms with Crippen LogP contribution < -0.4 is 0 Å². The summed E-state index contributed by atoms with van der Waals surface area (Å²) in [4.78, 5) is 19.2. The lowest BCUT2D eigenvalue weighted by Crippen LogP contribution is -2.40. The molecule has 1 fully saturated rings. The number of aryl methyl sites for hydroxylation is 3.